The Morgan fingerprint density at radius 1 is 1.32 bits per heavy atom. The summed E-state index contributed by atoms with van der Waals surface area (Å²) in [6, 6.07) is 6.01. The van der Waals surface area contributed by atoms with Gasteiger partial charge in [-0.15, -0.1) is 0 Å². The van der Waals surface area contributed by atoms with Crippen molar-refractivity contribution in [2.75, 3.05) is 27.4 Å². The molecule has 3 rings (SSSR count). The molecule has 22 heavy (non-hydrogen) atoms. The molecule has 0 spiro atoms. The van der Waals surface area contributed by atoms with Crippen LogP contribution in [0.3, 0.4) is 0 Å². The molecule has 1 atom stereocenters. The van der Waals surface area contributed by atoms with Crippen LogP contribution >= 0.6 is 0 Å². The van der Waals surface area contributed by atoms with Gasteiger partial charge in [-0.05, 0) is 43.4 Å². The van der Waals surface area contributed by atoms with Crippen molar-refractivity contribution < 1.29 is 19.0 Å². The van der Waals surface area contributed by atoms with Gasteiger partial charge in [0.05, 0.1) is 14.2 Å². The van der Waals surface area contributed by atoms with Gasteiger partial charge in [0, 0.05) is 18.6 Å². The Labute approximate surface area is 130 Å². The maximum Gasteiger partial charge on any atom is 0.249 e. The van der Waals surface area contributed by atoms with Crippen LogP contribution in [0.2, 0.25) is 0 Å². The maximum absolute atomic E-state index is 12.1. The zero-order valence-electron chi connectivity index (χ0n) is 13.2. The first kappa shape index (κ1) is 15.2. The fourth-order valence-electron chi connectivity index (χ4n) is 3.04. The van der Waals surface area contributed by atoms with E-state index in [-0.39, 0.29) is 17.4 Å². The number of hydrogen-bond donors (Lipinski definition) is 1. The summed E-state index contributed by atoms with van der Waals surface area (Å²) < 4.78 is 16.1. The van der Waals surface area contributed by atoms with Crippen LogP contribution in [-0.4, -0.2) is 39.4 Å². The third kappa shape index (κ3) is 2.90. The van der Waals surface area contributed by atoms with Gasteiger partial charge < -0.3 is 19.5 Å². The summed E-state index contributed by atoms with van der Waals surface area (Å²) in [5, 5.41) is 3.06. The van der Waals surface area contributed by atoms with Crippen molar-refractivity contribution in [1.29, 1.82) is 0 Å². The molecule has 120 valence electrons. The number of carbonyl (C=O) groups excluding carboxylic acids is 1. The minimum Gasteiger partial charge on any atom is -0.493 e. The molecule has 1 saturated heterocycles. The lowest BCUT2D eigenvalue weighted by atomic mass is 9.95. The molecule has 2 aliphatic rings. The minimum absolute atomic E-state index is 0.0178. The number of nitrogens with one attached hydrogen (secondary N) is 1. The molecule has 1 saturated carbocycles. The molecular weight excluding hydrogens is 282 g/mol. The Kier molecular flexibility index (Phi) is 4.25. The largest absolute Gasteiger partial charge is 0.493 e. The first-order chi connectivity index (χ1) is 10.7. The fourth-order valence-corrected chi connectivity index (χ4v) is 3.04. The molecule has 5 nitrogen and oxygen atoms in total. The van der Waals surface area contributed by atoms with Gasteiger partial charge >= 0.3 is 0 Å². The second-order valence-electron chi connectivity index (χ2n) is 6.07. The first-order valence-corrected chi connectivity index (χ1v) is 7.80. The number of ether oxygens (including phenoxy) is 3. The van der Waals surface area contributed by atoms with Crippen LogP contribution < -0.4 is 14.8 Å². The number of amides is 1. The zero-order chi connectivity index (χ0) is 15.6. The summed E-state index contributed by atoms with van der Waals surface area (Å²) in [4.78, 5) is 12.1. The summed E-state index contributed by atoms with van der Waals surface area (Å²) in [6.45, 7) is 1.35. The summed E-state index contributed by atoms with van der Waals surface area (Å²) >= 11 is 0. The molecule has 1 unspecified atom stereocenters. The topological polar surface area (TPSA) is 56.8 Å². The van der Waals surface area contributed by atoms with Crippen LogP contribution in [0.1, 0.15) is 31.2 Å². The van der Waals surface area contributed by atoms with Crippen molar-refractivity contribution in [3.8, 4) is 11.5 Å². The van der Waals surface area contributed by atoms with E-state index >= 15 is 0 Å². The van der Waals surface area contributed by atoms with Gasteiger partial charge in [-0.2, -0.15) is 0 Å². The van der Waals surface area contributed by atoms with Crippen molar-refractivity contribution >= 4 is 5.91 Å². The van der Waals surface area contributed by atoms with Crippen molar-refractivity contribution in [3.05, 3.63) is 23.8 Å². The predicted octanol–water partition coefficient (Wildman–Crippen LogP) is 2.03. The third-order valence-corrected chi connectivity index (χ3v) is 4.67. The SMILES string of the molecule is COc1ccc(C2(CNC(=O)C3CCCO3)CC2)cc1OC. The van der Waals surface area contributed by atoms with Crippen LogP contribution in [0.5, 0.6) is 11.5 Å². The van der Waals surface area contributed by atoms with E-state index < -0.39 is 0 Å². The lowest BCUT2D eigenvalue weighted by Crippen LogP contribution is -2.38. The van der Waals surface area contributed by atoms with Gasteiger partial charge in [-0.3, -0.25) is 4.79 Å². The first-order valence-electron chi connectivity index (χ1n) is 7.80. The lowest BCUT2D eigenvalue weighted by Gasteiger charge is -2.19. The molecule has 1 N–H and O–H groups in total. The van der Waals surface area contributed by atoms with Gasteiger partial charge in [-0.25, -0.2) is 0 Å². The van der Waals surface area contributed by atoms with E-state index in [4.69, 9.17) is 14.2 Å². The van der Waals surface area contributed by atoms with Crippen LogP contribution in [0.4, 0.5) is 0 Å². The Balaban J connectivity index is 1.67. The second-order valence-corrected chi connectivity index (χ2v) is 6.07. The highest BCUT2D eigenvalue weighted by molar-refractivity contribution is 5.81. The summed E-state index contributed by atoms with van der Waals surface area (Å²) in [7, 11) is 3.27. The van der Waals surface area contributed by atoms with Crippen LogP contribution in [0.25, 0.3) is 0 Å². The number of hydrogen-bond acceptors (Lipinski definition) is 4. The summed E-state index contributed by atoms with van der Waals surface area (Å²) in [6.07, 6.45) is 3.69. The van der Waals surface area contributed by atoms with Gasteiger partial charge in [0.1, 0.15) is 6.10 Å². The molecule has 1 aromatic carbocycles. The molecular formula is C17H23NO4. The standard InChI is InChI=1S/C17H23NO4/c1-20-13-6-5-12(10-15(13)21-2)17(7-8-17)11-18-16(19)14-4-3-9-22-14/h5-6,10,14H,3-4,7-9,11H2,1-2H3,(H,18,19). The van der Waals surface area contributed by atoms with Crippen LogP contribution in [-0.2, 0) is 14.9 Å². The van der Waals surface area contributed by atoms with Crippen molar-refractivity contribution in [3.63, 3.8) is 0 Å². The average Bonchev–Trinajstić information content (AvgIpc) is 3.15. The molecule has 0 aromatic heterocycles. The van der Waals surface area contributed by atoms with Crippen molar-refractivity contribution in [1.82, 2.24) is 5.32 Å². The van der Waals surface area contributed by atoms with E-state index in [1.54, 1.807) is 14.2 Å². The Hall–Kier alpha value is -1.75. The third-order valence-electron chi connectivity index (χ3n) is 4.67. The van der Waals surface area contributed by atoms with E-state index in [1.165, 1.54) is 5.56 Å². The minimum atomic E-state index is -0.263. The highest BCUT2D eigenvalue weighted by Gasteiger charge is 2.45. The number of methoxy groups -OCH3 is 2. The quantitative estimate of drug-likeness (QED) is 0.874. The normalized spacial score (nSPS) is 22.2. The van der Waals surface area contributed by atoms with Gasteiger partial charge in [-0.1, -0.05) is 6.07 Å². The monoisotopic (exact) mass is 305 g/mol. The summed E-state index contributed by atoms with van der Waals surface area (Å²) in [5.41, 5.74) is 1.23. The Morgan fingerprint density at radius 2 is 2.09 bits per heavy atom. The van der Waals surface area contributed by atoms with E-state index in [0.717, 1.165) is 37.2 Å². The highest BCUT2D eigenvalue weighted by atomic mass is 16.5. The van der Waals surface area contributed by atoms with Gasteiger partial charge in [0.25, 0.3) is 0 Å². The van der Waals surface area contributed by atoms with E-state index in [9.17, 15) is 4.79 Å². The Bertz CT molecular complexity index is 548. The highest BCUT2D eigenvalue weighted by Crippen LogP contribution is 2.49. The molecule has 1 aromatic rings. The van der Waals surface area contributed by atoms with Crippen molar-refractivity contribution in [2.45, 2.75) is 37.2 Å². The lowest BCUT2D eigenvalue weighted by molar-refractivity contribution is -0.130. The molecule has 1 amide bonds. The molecule has 2 fully saturated rings. The van der Waals surface area contributed by atoms with Crippen molar-refractivity contribution in [2.24, 2.45) is 0 Å². The predicted molar refractivity (Wildman–Crippen MR) is 82.4 cm³/mol. The molecule has 1 heterocycles. The van der Waals surface area contributed by atoms with E-state index in [2.05, 4.69) is 11.4 Å². The number of rotatable bonds is 6. The molecule has 1 aliphatic carbocycles. The van der Waals surface area contributed by atoms with Gasteiger partial charge in [0.15, 0.2) is 11.5 Å². The second kappa shape index (κ2) is 6.16. The van der Waals surface area contributed by atoms with E-state index in [0.29, 0.717) is 13.2 Å². The van der Waals surface area contributed by atoms with Gasteiger partial charge in [0.2, 0.25) is 5.91 Å². The zero-order valence-corrected chi connectivity index (χ0v) is 13.2. The van der Waals surface area contributed by atoms with Crippen LogP contribution in [0.15, 0.2) is 18.2 Å². The molecule has 0 radical (unpaired) electrons. The molecule has 1 aliphatic heterocycles. The van der Waals surface area contributed by atoms with Crippen LogP contribution in [0, 0.1) is 0 Å². The summed E-state index contributed by atoms with van der Waals surface area (Å²) in [5.74, 6) is 1.48. The number of benzene rings is 1. The smallest absolute Gasteiger partial charge is 0.249 e. The average molecular weight is 305 g/mol. The van der Waals surface area contributed by atoms with E-state index in [1.807, 2.05) is 12.1 Å². The molecule has 5 heteroatoms. The number of carbonyl (C=O) groups is 1. The fraction of sp³-hybridized carbons (Fsp3) is 0.588. The molecule has 0 bridgehead atoms. The Morgan fingerprint density at radius 3 is 2.68 bits per heavy atom. The maximum atomic E-state index is 12.1.